The predicted molar refractivity (Wildman–Crippen MR) is 117 cm³/mol. The Morgan fingerprint density at radius 1 is 0.931 bits per heavy atom. The van der Waals surface area contributed by atoms with E-state index in [9.17, 15) is 9.59 Å². The minimum absolute atomic E-state index is 0.280. The first-order valence-corrected chi connectivity index (χ1v) is 9.49. The lowest BCUT2D eigenvalue weighted by Gasteiger charge is -2.08. The Kier molecular flexibility index (Phi) is 6.76. The summed E-state index contributed by atoms with van der Waals surface area (Å²) in [6, 6.07) is 20.9. The number of carbonyl (C=O) groups excluding carboxylic acids is 2. The molecule has 0 radical (unpaired) electrons. The van der Waals surface area contributed by atoms with Crippen LogP contribution in [0.1, 0.15) is 26.3 Å². The van der Waals surface area contributed by atoms with E-state index < -0.39 is 0 Å². The van der Waals surface area contributed by atoms with Crippen LogP contribution in [-0.2, 0) is 0 Å². The van der Waals surface area contributed by atoms with E-state index in [1.807, 2.05) is 24.3 Å². The standard InChI is InChI=1S/C22H18BrN3O3/c1-29-19-11-9-15(10-12-19)21(27)25-18-7-4-6-16(13-18)22(28)26-24-14-17-5-2-3-8-20(17)23/h2-14H,1H3,(H,25,27)(H,26,28)/b24-14+. The average molecular weight is 452 g/mol. The van der Waals surface area contributed by atoms with Crippen LogP contribution in [0.5, 0.6) is 5.75 Å². The number of halogens is 1. The highest BCUT2D eigenvalue weighted by Gasteiger charge is 2.09. The quantitative estimate of drug-likeness (QED) is 0.428. The zero-order valence-corrected chi connectivity index (χ0v) is 17.1. The molecule has 0 atom stereocenters. The van der Waals surface area contributed by atoms with E-state index >= 15 is 0 Å². The second-order valence-corrected chi connectivity index (χ2v) is 6.84. The summed E-state index contributed by atoms with van der Waals surface area (Å²) in [4.78, 5) is 24.7. The molecule has 0 spiro atoms. The molecule has 3 aromatic carbocycles. The van der Waals surface area contributed by atoms with Gasteiger partial charge >= 0.3 is 0 Å². The van der Waals surface area contributed by atoms with Gasteiger partial charge in [-0.05, 0) is 48.5 Å². The molecule has 3 aromatic rings. The molecule has 7 heteroatoms. The Labute approximate surface area is 176 Å². The van der Waals surface area contributed by atoms with Crippen LogP contribution in [0.4, 0.5) is 5.69 Å². The first kappa shape index (κ1) is 20.3. The predicted octanol–water partition coefficient (Wildman–Crippen LogP) is 4.47. The van der Waals surface area contributed by atoms with Crippen molar-refractivity contribution in [2.75, 3.05) is 12.4 Å². The molecule has 0 bridgehead atoms. The van der Waals surface area contributed by atoms with Gasteiger partial charge in [-0.1, -0.05) is 40.2 Å². The molecule has 0 fully saturated rings. The number of hydrazone groups is 1. The number of nitrogens with one attached hydrogen (secondary N) is 2. The molecule has 2 N–H and O–H groups in total. The lowest BCUT2D eigenvalue weighted by Crippen LogP contribution is -2.18. The summed E-state index contributed by atoms with van der Waals surface area (Å²) < 4.78 is 5.96. The van der Waals surface area contributed by atoms with Crippen LogP contribution < -0.4 is 15.5 Å². The highest BCUT2D eigenvalue weighted by atomic mass is 79.9. The van der Waals surface area contributed by atoms with Gasteiger partial charge in [0.05, 0.1) is 13.3 Å². The van der Waals surface area contributed by atoms with E-state index in [2.05, 4.69) is 31.8 Å². The minimum Gasteiger partial charge on any atom is -0.497 e. The van der Waals surface area contributed by atoms with Crippen LogP contribution in [0, 0.1) is 0 Å². The molecule has 0 aliphatic rings. The molecule has 0 saturated carbocycles. The van der Waals surface area contributed by atoms with Gasteiger partial charge in [-0.2, -0.15) is 5.10 Å². The molecular weight excluding hydrogens is 434 g/mol. The number of ether oxygens (including phenoxy) is 1. The van der Waals surface area contributed by atoms with E-state index in [0.717, 1.165) is 10.0 Å². The number of rotatable bonds is 6. The SMILES string of the molecule is COc1ccc(C(=O)Nc2cccc(C(=O)N/N=C/c3ccccc3Br)c2)cc1. The number of hydrogen-bond donors (Lipinski definition) is 2. The van der Waals surface area contributed by atoms with Crippen molar-refractivity contribution >= 4 is 39.6 Å². The third-order valence-electron chi connectivity index (χ3n) is 4.01. The molecule has 2 amide bonds. The minimum atomic E-state index is -0.381. The smallest absolute Gasteiger partial charge is 0.271 e. The second kappa shape index (κ2) is 9.66. The van der Waals surface area contributed by atoms with Crippen molar-refractivity contribution in [3.8, 4) is 5.75 Å². The zero-order valence-electron chi connectivity index (χ0n) is 15.6. The Morgan fingerprint density at radius 2 is 1.69 bits per heavy atom. The lowest BCUT2D eigenvalue weighted by molar-refractivity contribution is 0.0953. The van der Waals surface area contributed by atoms with Crippen molar-refractivity contribution in [2.24, 2.45) is 5.10 Å². The van der Waals surface area contributed by atoms with Crippen LogP contribution in [-0.4, -0.2) is 25.1 Å². The lowest BCUT2D eigenvalue weighted by atomic mass is 10.1. The summed E-state index contributed by atoms with van der Waals surface area (Å²) in [5.74, 6) is 0.00863. The zero-order chi connectivity index (χ0) is 20.6. The third kappa shape index (κ3) is 5.52. The second-order valence-electron chi connectivity index (χ2n) is 5.98. The van der Waals surface area contributed by atoms with Crippen molar-refractivity contribution < 1.29 is 14.3 Å². The molecular formula is C22H18BrN3O3. The molecule has 0 aromatic heterocycles. The van der Waals surface area contributed by atoms with Gasteiger partial charge < -0.3 is 10.1 Å². The Morgan fingerprint density at radius 3 is 2.41 bits per heavy atom. The molecule has 29 heavy (non-hydrogen) atoms. The third-order valence-corrected chi connectivity index (χ3v) is 4.73. The van der Waals surface area contributed by atoms with Crippen molar-refractivity contribution in [1.29, 1.82) is 0 Å². The number of benzene rings is 3. The fourth-order valence-electron chi connectivity index (χ4n) is 2.49. The van der Waals surface area contributed by atoms with Crippen molar-refractivity contribution in [1.82, 2.24) is 5.43 Å². The maximum atomic E-state index is 12.4. The van der Waals surface area contributed by atoms with Crippen LogP contribution in [0.2, 0.25) is 0 Å². The molecule has 0 heterocycles. The molecule has 0 aliphatic heterocycles. The van der Waals surface area contributed by atoms with E-state index in [1.165, 1.54) is 0 Å². The summed E-state index contributed by atoms with van der Waals surface area (Å²) >= 11 is 3.42. The average Bonchev–Trinajstić information content (AvgIpc) is 2.75. The van der Waals surface area contributed by atoms with E-state index in [0.29, 0.717) is 22.6 Å². The largest absolute Gasteiger partial charge is 0.497 e. The van der Waals surface area contributed by atoms with Crippen LogP contribution in [0.15, 0.2) is 82.4 Å². The first-order valence-electron chi connectivity index (χ1n) is 8.70. The fraction of sp³-hybridized carbons (Fsp3) is 0.0455. The van der Waals surface area contributed by atoms with Gasteiger partial charge in [0.1, 0.15) is 5.75 Å². The van der Waals surface area contributed by atoms with Gasteiger partial charge in [0.15, 0.2) is 0 Å². The van der Waals surface area contributed by atoms with Crippen LogP contribution >= 0.6 is 15.9 Å². The van der Waals surface area contributed by atoms with Gasteiger partial charge in [0.2, 0.25) is 0 Å². The summed E-state index contributed by atoms with van der Waals surface area (Å²) in [6.07, 6.45) is 1.55. The number of hydrogen-bond acceptors (Lipinski definition) is 4. The monoisotopic (exact) mass is 451 g/mol. The molecule has 3 rings (SSSR count). The topological polar surface area (TPSA) is 79.8 Å². The number of nitrogens with zero attached hydrogens (tertiary/aromatic N) is 1. The summed E-state index contributed by atoms with van der Waals surface area (Å²) in [6.45, 7) is 0. The maximum absolute atomic E-state index is 12.4. The van der Waals surface area contributed by atoms with Crippen LogP contribution in [0.25, 0.3) is 0 Å². The summed E-state index contributed by atoms with van der Waals surface area (Å²) in [5.41, 5.74) is 4.69. The summed E-state index contributed by atoms with van der Waals surface area (Å²) in [5, 5.41) is 6.76. The highest BCUT2D eigenvalue weighted by molar-refractivity contribution is 9.10. The highest BCUT2D eigenvalue weighted by Crippen LogP contribution is 2.16. The number of anilines is 1. The number of amides is 2. The molecule has 0 unspecified atom stereocenters. The number of carbonyl (C=O) groups is 2. The van der Waals surface area contributed by atoms with E-state index in [4.69, 9.17) is 4.74 Å². The Balaban J connectivity index is 1.64. The fourth-order valence-corrected chi connectivity index (χ4v) is 2.88. The van der Waals surface area contributed by atoms with Gasteiger partial charge in [-0.15, -0.1) is 0 Å². The van der Waals surface area contributed by atoms with E-state index in [1.54, 1.807) is 61.9 Å². The Hall–Kier alpha value is -3.45. The summed E-state index contributed by atoms with van der Waals surface area (Å²) in [7, 11) is 1.56. The van der Waals surface area contributed by atoms with E-state index in [-0.39, 0.29) is 11.8 Å². The maximum Gasteiger partial charge on any atom is 0.271 e. The molecule has 0 saturated heterocycles. The molecule has 6 nitrogen and oxygen atoms in total. The van der Waals surface area contributed by atoms with Crippen molar-refractivity contribution in [3.05, 3.63) is 94.0 Å². The number of methoxy groups -OCH3 is 1. The van der Waals surface area contributed by atoms with Crippen molar-refractivity contribution in [3.63, 3.8) is 0 Å². The van der Waals surface area contributed by atoms with Gasteiger partial charge in [-0.25, -0.2) is 5.43 Å². The Bertz CT molecular complexity index is 1050. The van der Waals surface area contributed by atoms with Crippen LogP contribution in [0.3, 0.4) is 0 Å². The van der Waals surface area contributed by atoms with Gasteiger partial charge in [0, 0.05) is 26.9 Å². The normalized spacial score (nSPS) is 10.6. The first-order chi connectivity index (χ1) is 14.1. The molecule has 146 valence electrons. The van der Waals surface area contributed by atoms with Gasteiger partial charge in [0.25, 0.3) is 11.8 Å². The van der Waals surface area contributed by atoms with Crippen molar-refractivity contribution in [2.45, 2.75) is 0 Å². The molecule has 0 aliphatic carbocycles. The van der Waals surface area contributed by atoms with Gasteiger partial charge in [-0.3, -0.25) is 9.59 Å².